The number of rotatable bonds is 5. The average molecular weight is 292 g/mol. The second-order valence-corrected chi connectivity index (χ2v) is 7.36. The van der Waals surface area contributed by atoms with Crippen LogP contribution in [0.3, 0.4) is 0 Å². The first kappa shape index (κ1) is 15.4. The van der Waals surface area contributed by atoms with Crippen molar-refractivity contribution in [3.05, 3.63) is 29.8 Å². The molecule has 1 heterocycles. The molecule has 3 nitrogen and oxygen atoms in total. The first-order valence-corrected chi connectivity index (χ1v) is 8.18. The number of benzene rings is 1. The van der Waals surface area contributed by atoms with E-state index in [4.69, 9.17) is 0 Å². The molecule has 0 fully saturated rings. The van der Waals surface area contributed by atoms with E-state index in [1.165, 1.54) is 10.5 Å². The highest BCUT2D eigenvalue weighted by atomic mass is 32.2. The molecule has 1 aliphatic heterocycles. The van der Waals surface area contributed by atoms with E-state index >= 15 is 0 Å². The van der Waals surface area contributed by atoms with Crippen LogP contribution in [0.25, 0.3) is 0 Å². The molecule has 2 rings (SSSR count). The molecule has 0 spiro atoms. The van der Waals surface area contributed by atoms with E-state index in [9.17, 15) is 4.79 Å². The highest BCUT2D eigenvalue weighted by Gasteiger charge is 2.22. The second kappa shape index (κ2) is 6.64. The van der Waals surface area contributed by atoms with Gasteiger partial charge in [0.2, 0.25) is 5.91 Å². The van der Waals surface area contributed by atoms with Crippen LogP contribution in [0.5, 0.6) is 0 Å². The van der Waals surface area contributed by atoms with Crippen molar-refractivity contribution < 1.29 is 4.79 Å². The van der Waals surface area contributed by atoms with Crippen LogP contribution in [-0.2, 0) is 4.79 Å². The lowest BCUT2D eigenvalue weighted by Gasteiger charge is -2.20. The van der Waals surface area contributed by atoms with E-state index in [0.29, 0.717) is 12.3 Å². The molecule has 1 amide bonds. The van der Waals surface area contributed by atoms with E-state index in [-0.39, 0.29) is 11.4 Å². The lowest BCUT2D eigenvalue weighted by Crippen LogP contribution is -2.41. The summed E-state index contributed by atoms with van der Waals surface area (Å²) in [5.74, 6) is 1.83. The van der Waals surface area contributed by atoms with Gasteiger partial charge in [-0.05, 0) is 32.4 Å². The third-order valence-corrected chi connectivity index (χ3v) is 4.48. The molecular weight excluding hydrogens is 268 g/mol. The highest BCUT2D eigenvalue weighted by Crippen LogP contribution is 2.38. The molecule has 0 saturated heterocycles. The van der Waals surface area contributed by atoms with E-state index in [2.05, 4.69) is 34.9 Å². The van der Waals surface area contributed by atoms with Gasteiger partial charge in [0.15, 0.2) is 0 Å². The number of hydrogen-bond donors (Lipinski definition) is 2. The summed E-state index contributed by atoms with van der Waals surface area (Å²) >= 11 is 1.93. The standard InChI is InChI=1S/C16H24N2OS/c1-16(2,3)18-15(19)8-9-17-10-12-11-20-14-7-5-4-6-13(12)14/h4-7,12,17H,8-11H2,1-3H3,(H,18,19). The third kappa shape index (κ3) is 4.53. The second-order valence-electron chi connectivity index (χ2n) is 6.30. The van der Waals surface area contributed by atoms with Crippen LogP contribution in [-0.4, -0.2) is 30.3 Å². The zero-order valence-electron chi connectivity index (χ0n) is 12.5. The Labute approximate surface area is 125 Å². The number of fused-ring (bicyclic) bond motifs is 1. The molecule has 0 radical (unpaired) electrons. The van der Waals surface area contributed by atoms with Crippen LogP contribution in [0.15, 0.2) is 29.2 Å². The van der Waals surface area contributed by atoms with Crippen molar-refractivity contribution in [3.8, 4) is 0 Å². The summed E-state index contributed by atoms with van der Waals surface area (Å²) in [6.07, 6.45) is 0.540. The Hall–Kier alpha value is -1.00. The molecule has 110 valence electrons. The summed E-state index contributed by atoms with van der Waals surface area (Å²) in [6, 6.07) is 8.61. The number of carbonyl (C=O) groups excluding carboxylic acids is 1. The summed E-state index contributed by atoms with van der Waals surface area (Å²) in [4.78, 5) is 13.1. The van der Waals surface area contributed by atoms with Crippen molar-refractivity contribution in [1.29, 1.82) is 0 Å². The van der Waals surface area contributed by atoms with Gasteiger partial charge in [0.05, 0.1) is 0 Å². The molecular formula is C16H24N2OS. The fourth-order valence-electron chi connectivity index (χ4n) is 2.36. The number of carbonyl (C=O) groups is 1. The predicted molar refractivity (Wildman–Crippen MR) is 85.3 cm³/mol. The Bertz CT molecular complexity index is 468. The van der Waals surface area contributed by atoms with Gasteiger partial charge in [-0.15, -0.1) is 11.8 Å². The monoisotopic (exact) mass is 292 g/mol. The molecule has 0 saturated carbocycles. The minimum absolute atomic E-state index is 0.117. The van der Waals surface area contributed by atoms with Crippen molar-refractivity contribution in [1.82, 2.24) is 10.6 Å². The first-order valence-electron chi connectivity index (χ1n) is 7.19. The molecule has 1 aromatic rings. The van der Waals surface area contributed by atoms with Gasteiger partial charge < -0.3 is 10.6 Å². The van der Waals surface area contributed by atoms with E-state index in [1.54, 1.807) is 0 Å². The van der Waals surface area contributed by atoms with Gasteiger partial charge in [-0.3, -0.25) is 4.79 Å². The van der Waals surface area contributed by atoms with Crippen LogP contribution in [0.1, 0.15) is 38.7 Å². The smallest absolute Gasteiger partial charge is 0.221 e. The maximum absolute atomic E-state index is 11.7. The van der Waals surface area contributed by atoms with Crippen molar-refractivity contribution in [2.45, 2.75) is 43.5 Å². The summed E-state index contributed by atoms with van der Waals surface area (Å²) in [5.41, 5.74) is 1.31. The molecule has 1 aliphatic rings. The maximum atomic E-state index is 11.7. The molecule has 2 N–H and O–H groups in total. The van der Waals surface area contributed by atoms with Gasteiger partial charge in [0, 0.05) is 41.6 Å². The fourth-order valence-corrected chi connectivity index (χ4v) is 3.61. The van der Waals surface area contributed by atoms with E-state index in [0.717, 1.165) is 18.8 Å². The lowest BCUT2D eigenvalue weighted by atomic mass is 10.0. The van der Waals surface area contributed by atoms with Crippen LogP contribution >= 0.6 is 11.8 Å². The normalized spacial score (nSPS) is 17.9. The van der Waals surface area contributed by atoms with Crippen molar-refractivity contribution in [3.63, 3.8) is 0 Å². The fraction of sp³-hybridized carbons (Fsp3) is 0.562. The Morgan fingerprint density at radius 2 is 2.10 bits per heavy atom. The molecule has 0 aromatic heterocycles. The van der Waals surface area contributed by atoms with Crippen LogP contribution in [0.4, 0.5) is 0 Å². The number of amides is 1. The lowest BCUT2D eigenvalue weighted by molar-refractivity contribution is -0.122. The SMILES string of the molecule is CC(C)(C)NC(=O)CCNCC1CSc2ccccc21. The van der Waals surface area contributed by atoms with Gasteiger partial charge in [0.25, 0.3) is 0 Å². The van der Waals surface area contributed by atoms with Gasteiger partial charge in [-0.1, -0.05) is 18.2 Å². The number of thioether (sulfide) groups is 1. The molecule has 1 aromatic carbocycles. The van der Waals surface area contributed by atoms with Crippen LogP contribution in [0, 0.1) is 0 Å². The number of nitrogens with one attached hydrogen (secondary N) is 2. The van der Waals surface area contributed by atoms with E-state index < -0.39 is 0 Å². The molecule has 1 atom stereocenters. The maximum Gasteiger partial charge on any atom is 0.221 e. The van der Waals surface area contributed by atoms with Gasteiger partial charge in [-0.2, -0.15) is 0 Å². The average Bonchev–Trinajstić information content (AvgIpc) is 2.76. The van der Waals surface area contributed by atoms with Gasteiger partial charge in [0.1, 0.15) is 0 Å². The van der Waals surface area contributed by atoms with Crippen molar-refractivity contribution >= 4 is 17.7 Å². The summed E-state index contributed by atoms with van der Waals surface area (Å²) in [7, 11) is 0. The van der Waals surface area contributed by atoms with Crippen LogP contribution in [0.2, 0.25) is 0 Å². The molecule has 4 heteroatoms. The van der Waals surface area contributed by atoms with Crippen molar-refractivity contribution in [2.24, 2.45) is 0 Å². The number of hydrogen-bond acceptors (Lipinski definition) is 3. The topological polar surface area (TPSA) is 41.1 Å². The van der Waals surface area contributed by atoms with Crippen molar-refractivity contribution in [2.75, 3.05) is 18.8 Å². The zero-order valence-corrected chi connectivity index (χ0v) is 13.3. The van der Waals surface area contributed by atoms with Gasteiger partial charge in [-0.25, -0.2) is 0 Å². The Morgan fingerprint density at radius 1 is 1.35 bits per heavy atom. The molecule has 0 bridgehead atoms. The summed E-state index contributed by atoms with van der Waals surface area (Å²) < 4.78 is 0. The third-order valence-electron chi connectivity index (χ3n) is 3.23. The molecule has 0 aliphatic carbocycles. The predicted octanol–water partition coefficient (Wildman–Crippen LogP) is 2.77. The largest absolute Gasteiger partial charge is 0.351 e. The Balaban J connectivity index is 1.69. The zero-order chi connectivity index (χ0) is 14.6. The Kier molecular flexibility index (Phi) is 5.11. The first-order chi connectivity index (χ1) is 9.46. The molecule has 20 heavy (non-hydrogen) atoms. The van der Waals surface area contributed by atoms with Crippen LogP contribution < -0.4 is 10.6 Å². The molecule has 1 unspecified atom stereocenters. The summed E-state index contributed by atoms with van der Waals surface area (Å²) in [5, 5.41) is 6.39. The minimum atomic E-state index is -0.141. The Morgan fingerprint density at radius 3 is 2.85 bits per heavy atom. The minimum Gasteiger partial charge on any atom is -0.351 e. The van der Waals surface area contributed by atoms with Gasteiger partial charge >= 0.3 is 0 Å². The van der Waals surface area contributed by atoms with E-state index in [1.807, 2.05) is 32.5 Å². The quantitative estimate of drug-likeness (QED) is 0.820. The highest BCUT2D eigenvalue weighted by molar-refractivity contribution is 7.99. The summed E-state index contributed by atoms with van der Waals surface area (Å²) in [6.45, 7) is 7.71.